The second-order valence-electron chi connectivity index (χ2n) is 9.77. The van der Waals surface area contributed by atoms with E-state index in [0.717, 1.165) is 58.7 Å². The molecule has 0 radical (unpaired) electrons. The molecule has 2 aromatic carbocycles. The predicted molar refractivity (Wildman–Crippen MR) is 142 cm³/mol. The maximum absolute atomic E-state index is 13.9. The Morgan fingerprint density at radius 2 is 1.81 bits per heavy atom. The van der Waals surface area contributed by atoms with Gasteiger partial charge in [0.2, 0.25) is 0 Å². The van der Waals surface area contributed by atoms with Crippen molar-refractivity contribution >= 4 is 10.9 Å². The number of rotatable bonds is 4. The van der Waals surface area contributed by atoms with Crippen LogP contribution in [0.2, 0.25) is 0 Å². The first kappa shape index (κ1) is 22.5. The third kappa shape index (κ3) is 3.36. The normalized spacial score (nSPS) is 15.5. The van der Waals surface area contributed by atoms with Crippen LogP contribution >= 0.6 is 0 Å². The van der Waals surface area contributed by atoms with E-state index >= 15 is 0 Å². The Hall–Kier alpha value is -3.91. The molecule has 0 spiro atoms. The highest BCUT2D eigenvalue weighted by Crippen LogP contribution is 2.32. The maximum atomic E-state index is 13.9. The quantitative estimate of drug-likeness (QED) is 0.420. The molecule has 0 saturated carbocycles. The summed E-state index contributed by atoms with van der Waals surface area (Å²) >= 11 is 0. The molecule has 8 heteroatoms. The van der Waals surface area contributed by atoms with E-state index in [1.807, 2.05) is 53.2 Å². The molecule has 184 valence electrons. The number of aryl methyl sites for hydroxylation is 3. The molecule has 0 aliphatic carbocycles. The molecular weight excluding hydrogens is 450 g/mol. The molecule has 8 nitrogen and oxygen atoms in total. The summed E-state index contributed by atoms with van der Waals surface area (Å²) in [5.74, 6) is 0.805. The van der Waals surface area contributed by atoms with Gasteiger partial charge in [0.05, 0.1) is 28.8 Å². The highest BCUT2D eigenvalue weighted by molar-refractivity contribution is 5.80. The summed E-state index contributed by atoms with van der Waals surface area (Å²) < 4.78 is 7.22. The van der Waals surface area contributed by atoms with E-state index in [9.17, 15) is 4.79 Å². The minimum atomic E-state index is -0.126. The van der Waals surface area contributed by atoms with Crippen molar-refractivity contribution in [2.24, 2.45) is 7.05 Å². The Morgan fingerprint density at radius 3 is 2.56 bits per heavy atom. The fourth-order valence-corrected chi connectivity index (χ4v) is 5.70. The van der Waals surface area contributed by atoms with Crippen LogP contribution < -0.4 is 11.0 Å². The SMILES string of the molecule is CCc1c(C)cc(-n2nc3c(c2-n2ccn(-c4ccc5c(cnn5C)c4)c2=O)[C@H](C)NCC3)cc1C. The van der Waals surface area contributed by atoms with Gasteiger partial charge in [0.1, 0.15) is 5.82 Å². The van der Waals surface area contributed by atoms with Crippen LogP contribution in [0, 0.1) is 13.8 Å². The molecular formula is C28H31N7O. The van der Waals surface area contributed by atoms with Crippen molar-refractivity contribution in [3.05, 3.63) is 87.4 Å². The highest BCUT2D eigenvalue weighted by atomic mass is 16.1. The van der Waals surface area contributed by atoms with Crippen LogP contribution in [0.5, 0.6) is 0 Å². The van der Waals surface area contributed by atoms with Gasteiger partial charge in [-0.25, -0.2) is 9.48 Å². The number of hydrogen-bond donors (Lipinski definition) is 1. The second kappa shape index (κ2) is 8.34. The van der Waals surface area contributed by atoms with Crippen molar-refractivity contribution in [3.8, 4) is 17.2 Å². The smallest absolute Gasteiger partial charge is 0.310 e. The van der Waals surface area contributed by atoms with Gasteiger partial charge < -0.3 is 5.32 Å². The third-order valence-electron chi connectivity index (χ3n) is 7.51. The zero-order valence-electron chi connectivity index (χ0n) is 21.4. The highest BCUT2D eigenvalue weighted by Gasteiger charge is 2.29. The van der Waals surface area contributed by atoms with Gasteiger partial charge in [-0.2, -0.15) is 10.2 Å². The van der Waals surface area contributed by atoms with Crippen LogP contribution in [0.3, 0.4) is 0 Å². The molecule has 1 atom stereocenters. The average Bonchev–Trinajstić information content (AvgIpc) is 3.54. The fraction of sp³-hybridized carbons (Fsp3) is 0.321. The Morgan fingerprint density at radius 1 is 1.06 bits per heavy atom. The lowest BCUT2D eigenvalue weighted by molar-refractivity contribution is 0.536. The second-order valence-corrected chi connectivity index (χ2v) is 9.77. The summed E-state index contributed by atoms with van der Waals surface area (Å²) in [6.45, 7) is 9.51. The monoisotopic (exact) mass is 481 g/mol. The molecule has 1 aliphatic rings. The summed E-state index contributed by atoms with van der Waals surface area (Å²) in [7, 11) is 1.92. The molecule has 5 aromatic rings. The summed E-state index contributed by atoms with van der Waals surface area (Å²) in [5.41, 5.74) is 8.67. The molecule has 4 heterocycles. The lowest BCUT2D eigenvalue weighted by Crippen LogP contribution is -2.30. The first-order chi connectivity index (χ1) is 17.4. The molecule has 0 bridgehead atoms. The minimum Gasteiger partial charge on any atom is -0.310 e. The summed E-state index contributed by atoms with van der Waals surface area (Å²) in [5, 5.41) is 13.9. The van der Waals surface area contributed by atoms with Gasteiger partial charge in [-0.05, 0) is 74.2 Å². The Balaban J connectivity index is 1.56. The molecule has 1 aliphatic heterocycles. The van der Waals surface area contributed by atoms with E-state index in [1.165, 1.54) is 16.7 Å². The first-order valence-electron chi connectivity index (χ1n) is 12.6. The standard InChI is InChI=1S/C28H31N7O/c1-6-23-17(2)13-22(14-18(23)3)35-27(26-19(4)29-10-9-24(26)31-35)34-12-11-33(28(34)36)21-7-8-25-20(15-21)16-30-32(25)5/h7-8,11-16,19,29H,6,9-10H2,1-5H3/t19-/m0/s1. The van der Waals surface area contributed by atoms with Crippen LogP contribution in [-0.2, 0) is 19.9 Å². The lowest BCUT2D eigenvalue weighted by atomic mass is 9.99. The van der Waals surface area contributed by atoms with E-state index < -0.39 is 0 Å². The molecule has 0 amide bonds. The summed E-state index contributed by atoms with van der Waals surface area (Å²) in [6, 6.07) is 10.4. The lowest BCUT2D eigenvalue weighted by Gasteiger charge is -2.21. The van der Waals surface area contributed by atoms with Gasteiger partial charge in [0.25, 0.3) is 0 Å². The maximum Gasteiger partial charge on any atom is 0.338 e. The van der Waals surface area contributed by atoms with Gasteiger partial charge in [0.15, 0.2) is 0 Å². The number of nitrogens with one attached hydrogen (secondary N) is 1. The average molecular weight is 482 g/mol. The molecule has 6 rings (SSSR count). The van der Waals surface area contributed by atoms with Crippen LogP contribution in [0.1, 0.15) is 47.8 Å². The number of benzene rings is 2. The van der Waals surface area contributed by atoms with Crippen molar-refractivity contribution in [1.29, 1.82) is 0 Å². The first-order valence-corrected chi connectivity index (χ1v) is 12.6. The largest absolute Gasteiger partial charge is 0.338 e. The number of aromatic nitrogens is 6. The van der Waals surface area contributed by atoms with Crippen LogP contribution in [0.4, 0.5) is 0 Å². The van der Waals surface area contributed by atoms with E-state index in [0.29, 0.717) is 0 Å². The number of nitrogens with zero attached hydrogens (tertiary/aromatic N) is 6. The molecule has 0 unspecified atom stereocenters. The van der Waals surface area contributed by atoms with E-state index in [-0.39, 0.29) is 11.7 Å². The molecule has 0 fully saturated rings. The Bertz CT molecular complexity index is 1660. The zero-order valence-corrected chi connectivity index (χ0v) is 21.4. The van der Waals surface area contributed by atoms with E-state index in [2.05, 4.69) is 50.2 Å². The summed E-state index contributed by atoms with van der Waals surface area (Å²) in [6.07, 6.45) is 7.33. The minimum absolute atomic E-state index is 0.0941. The van der Waals surface area contributed by atoms with E-state index in [1.54, 1.807) is 9.13 Å². The number of fused-ring (bicyclic) bond motifs is 2. The topological polar surface area (TPSA) is 74.6 Å². The number of imidazole rings is 1. The fourth-order valence-electron chi connectivity index (χ4n) is 5.70. The molecule has 36 heavy (non-hydrogen) atoms. The van der Waals surface area contributed by atoms with Crippen LogP contribution in [0.15, 0.2) is 53.7 Å². The van der Waals surface area contributed by atoms with Crippen molar-refractivity contribution < 1.29 is 0 Å². The summed E-state index contributed by atoms with van der Waals surface area (Å²) in [4.78, 5) is 13.9. The van der Waals surface area contributed by atoms with Crippen molar-refractivity contribution in [1.82, 2.24) is 34.0 Å². The Labute approximate surface area is 209 Å². The van der Waals surface area contributed by atoms with Gasteiger partial charge in [-0.3, -0.25) is 13.8 Å². The van der Waals surface area contributed by atoms with Crippen molar-refractivity contribution in [3.63, 3.8) is 0 Å². The van der Waals surface area contributed by atoms with Gasteiger partial charge >= 0.3 is 5.69 Å². The van der Waals surface area contributed by atoms with Crippen molar-refractivity contribution in [2.45, 2.75) is 46.6 Å². The van der Waals surface area contributed by atoms with Gasteiger partial charge in [-0.1, -0.05) is 6.92 Å². The number of hydrogen-bond acceptors (Lipinski definition) is 4. The van der Waals surface area contributed by atoms with Crippen molar-refractivity contribution in [2.75, 3.05) is 6.54 Å². The third-order valence-corrected chi connectivity index (χ3v) is 7.51. The molecule has 0 saturated heterocycles. The predicted octanol–water partition coefficient (Wildman–Crippen LogP) is 4.09. The van der Waals surface area contributed by atoms with E-state index in [4.69, 9.17) is 5.10 Å². The van der Waals surface area contributed by atoms with Gasteiger partial charge in [-0.15, -0.1) is 0 Å². The van der Waals surface area contributed by atoms with Crippen LogP contribution in [0.25, 0.3) is 28.1 Å². The van der Waals surface area contributed by atoms with Crippen LogP contribution in [-0.4, -0.2) is 35.2 Å². The Kier molecular flexibility index (Phi) is 5.22. The van der Waals surface area contributed by atoms with Gasteiger partial charge in [0, 0.05) is 49.4 Å². The molecule has 1 N–H and O–H groups in total. The molecule has 3 aromatic heterocycles. The zero-order chi connectivity index (χ0) is 25.1.